The molecule has 1 aromatic carbocycles. The van der Waals surface area contributed by atoms with Crippen molar-refractivity contribution in [2.75, 3.05) is 18.4 Å². The maximum atomic E-state index is 12.4. The van der Waals surface area contributed by atoms with E-state index in [1.807, 2.05) is 23.6 Å². The Morgan fingerprint density at radius 2 is 2.21 bits per heavy atom. The summed E-state index contributed by atoms with van der Waals surface area (Å²) in [6.45, 7) is 1.85. The van der Waals surface area contributed by atoms with Crippen LogP contribution in [-0.4, -0.2) is 29.1 Å². The van der Waals surface area contributed by atoms with Crippen LogP contribution in [0.3, 0.4) is 0 Å². The lowest BCUT2D eigenvalue weighted by molar-refractivity contribution is -0.117. The number of amides is 1. The number of nitrogens with zero attached hydrogens (tertiary/aromatic N) is 2. The number of thiazole rings is 1. The van der Waals surface area contributed by atoms with Gasteiger partial charge in [0.15, 0.2) is 5.13 Å². The number of thioether (sulfide) groups is 1. The highest BCUT2D eigenvalue weighted by Gasteiger charge is 2.28. The minimum Gasteiger partial charge on any atom is -0.360 e. The van der Waals surface area contributed by atoms with Gasteiger partial charge in [0.25, 0.3) is 0 Å². The molecule has 1 amide bonds. The lowest BCUT2D eigenvalue weighted by Crippen LogP contribution is -2.39. The van der Waals surface area contributed by atoms with Gasteiger partial charge in [-0.05, 0) is 49.9 Å². The minimum absolute atomic E-state index is 0.0388. The first-order valence-electron chi connectivity index (χ1n) is 9.78. The van der Waals surface area contributed by atoms with E-state index in [4.69, 9.17) is 4.52 Å². The van der Waals surface area contributed by atoms with Crippen LogP contribution in [0, 0.1) is 11.8 Å². The summed E-state index contributed by atoms with van der Waals surface area (Å²) in [5, 5.41) is 13.2. The lowest BCUT2D eigenvalue weighted by atomic mass is 9.81. The number of anilines is 1. The van der Waals surface area contributed by atoms with E-state index in [1.165, 1.54) is 16.2 Å². The SMILES string of the molecule is O=C(C[C@@H]1CCNC[C@@H]1Cc1cc(CSc2ccccc2)on1)Nc1nccs1. The molecule has 1 aliphatic rings. The Morgan fingerprint density at radius 1 is 1.31 bits per heavy atom. The molecule has 29 heavy (non-hydrogen) atoms. The fourth-order valence-electron chi connectivity index (χ4n) is 3.64. The van der Waals surface area contributed by atoms with E-state index < -0.39 is 0 Å². The monoisotopic (exact) mass is 428 g/mol. The van der Waals surface area contributed by atoms with E-state index in [0.717, 1.165) is 43.1 Å². The number of rotatable bonds is 8. The van der Waals surface area contributed by atoms with Gasteiger partial charge in [0.2, 0.25) is 5.91 Å². The highest BCUT2D eigenvalue weighted by molar-refractivity contribution is 7.98. The molecule has 0 unspecified atom stereocenters. The average molecular weight is 429 g/mol. The fraction of sp³-hybridized carbons (Fsp3) is 0.381. The molecular formula is C21H24N4O2S2. The van der Waals surface area contributed by atoms with Crippen molar-refractivity contribution in [2.24, 2.45) is 11.8 Å². The highest BCUT2D eigenvalue weighted by Crippen LogP contribution is 2.28. The van der Waals surface area contributed by atoms with Gasteiger partial charge in [-0.25, -0.2) is 4.98 Å². The summed E-state index contributed by atoms with van der Waals surface area (Å²) < 4.78 is 5.54. The lowest BCUT2D eigenvalue weighted by Gasteiger charge is -2.31. The molecule has 1 saturated heterocycles. The van der Waals surface area contributed by atoms with Crippen LogP contribution in [0.15, 0.2) is 57.4 Å². The molecule has 0 bridgehead atoms. The summed E-state index contributed by atoms with van der Waals surface area (Å²) in [5.74, 6) is 2.38. The van der Waals surface area contributed by atoms with Crippen molar-refractivity contribution in [3.8, 4) is 0 Å². The van der Waals surface area contributed by atoms with E-state index >= 15 is 0 Å². The number of benzene rings is 1. The summed E-state index contributed by atoms with van der Waals surface area (Å²) >= 11 is 3.18. The first-order valence-corrected chi connectivity index (χ1v) is 11.6. The van der Waals surface area contributed by atoms with E-state index in [1.54, 1.807) is 18.0 Å². The van der Waals surface area contributed by atoms with Gasteiger partial charge in [0.1, 0.15) is 5.76 Å². The Hall–Kier alpha value is -2.16. The topological polar surface area (TPSA) is 80.0 Å². The molecule has 6 nitrogen and oxygen atoms in total. The number of hydrogen-bond donors (Lipinski definition) is 2. The Balaban J connectivity index is 1.31. The third-order valence-electron chi connectivity index (χ3n) is 5.09. The summed E-state index contributed by atoms with van der Waals surface area (Å²) in [4.78, 5) is 17.7. The van der Waals surface area contributed by atoms with Crippen molar-refractivity contribution < 1.29 is 9.32 Å². The summed E-state index contributed by atoms with van der Waals surface area (Å²) in [5.41, 5.74) is 0.965. The van der Waals surface area contributed by atoms with Crippen LogP contribution in [0.4, 0.5) is 5.13 Å². The Bertz CT molecular complexity index is 899. The third-order valence-corrected chi connectivity index (χ3v) is 6.82. The third kappa shape index (κ3) is 5.91. The van der Waals surface area contributed by atoms with Gasteiger partial charge in [-0.3, -0.25) is 4.79 Å². The fourth-order valence-corrected chi connectivity index (χ4v) is 4.98. The zero-order valence-electron chi connectivity index (χ0n) is 16.0. The molecule has 2 aromatic heterocycles. The zero-order chi connectivity index (χ0) is 19.9. The van der Waals surface area contributed by atoms with Crippen molar-refractivity contribution in [1.29, 1.82) is 0 Å². The van der Waals surface area contributed by atoms with Crippen molar-refractivity contribution in [1.82, 2.24) is 15.5 Å². The molecule has 2 atom stereocenters. The standard InChI is InChI=1S/C21H24N4O2S2/c26-20(24-21-23-8-9-28-21)11-15-6-7-22-13-16(15)10-17-12-18(27-25-17)14-29-19-4-2-1-3-5-19/h1-5,8-9,12,15-16,22H,6-7,10-11,13-14H2,(H,23,24,26)/t15-,16-/m0/s1. The van der Waals surface area contributed by atoms with Crippen LogP contribution in [0.2, 0.25) is 0 Å². The summed E-state index contributed by atoms with van der Waals surface area (Å²) in [6, 6.07) is 12.3. The number of piperidine rings is 1. The van der Waals surface area contributed by atoms with Gasteiger partial charge in [-0.2, -0.15) is 0 Å². The second-order valence-corrected chi connectivity index (χ2v) is 9.14. The van der Waals surface area contributed by atoms with E-state index in [2.05, 4.69) is 39.0 Å². The molecule has 0 saturated carbocycles. The minimum atomic E-state index is 0.0388. The van der Waals surface area contributed by atoms with Gasteiger partial charge >= 0.3 is 0 Å². The van der Waals surface area contributed by atoms with Gasteiger partial charge in [-0.1, -0.05) is 23.4 Å². The summed E-state index contributed by atoms with van der Waals surface area (Å²) in [6.07, 6.45) is 4.03. The second-order valence-electron chi connectivity index (χ2n) is 7.19. The predicted molar refractivity (Wildman–Crippen MR) is 116 cm³/mol. The molecule has 1 fully saturated rings. The molecule has 1 aliphatic heterocycles. The smallest absolute Gasteiger partial charge is 0.226 e. The van der Waals surface area contributed by atoms with Crippen LogP contribution < -0.4 is 10.6 Å². The van der Waals surface area contributed by atoms with Crippen LogP contribution >= 0.6 is 23.1 Å². The molecule has 0 radical (unpaired) electrons. The van der Waals surface area contributed by atoms with Gasteiger partial charge in [0, 0.05) is 29.0 Å². The molecule has 3 heterocycles. The Labute approximate surface area is 178 Å². The van der Waals surface area contributed by atoms with Crippen molar-refractivity contribution in [2.45, 2.75) is 29.9 Å². The molecular weight excluding hydrogens is 404 g/mol. The van der Waals surface area contributed by atoms with Gasteiger partial charge in [0.05, 0.1) is 11.4 Å². The second kappa shape index (κ2) is 10.0. The van der Waals surface area contributed by atoms with Gasteiger partial charge in [-0.15, -0.1) is 23.1 Å². The maximum absolute atomic E-state index is 12.4. The molecule has 0 spiro atoms. The van der Waals surface area contributed by atoms with Crippen molar-refractivity contribution >= 4 is 34.1 Å². The molecule has 152 valence electrons. The molecule has 3 aromatic rings. The van der Waals surface area contributed by atoms with E-state index in [-0.39, 0.29) is 5.91 Å². The van der Waals surface area contributed by atoms with E-state index in [9.17, 15) is 4.79 Å². The Kier molecular flexibility index (Phi) is 6.97. The average Bonchev–Trinajstić information content (AvgIpc) is 3.41. The van der Waals surface area contributed by atoms with E-state index in [0.29, 0.717) is 23.4 Å². The number of carbonyl (C=O) groups excluding carboxylic acids is 1. The quantitative estimate of drug-likeness (QED) is 0.523. The highest BCUT2D eigenvalue weighted by atomic mass is 32.2. The molecule has 0 aliphatic carbocycles. The first-order chi connectivity index (χ1) is 14.3. The first kappa shape index (κ1) is 20.1. The van der Waals surface area contributed by atoms with Crippen LogP contribution in [-0.2, 0) is 17.0 Å². The van der Waals surface area contributed by atoms with Crippen LogP contribution in [0.1, 0.15) is 24.3 Å². The van der Waals surface area contributed by atoms with Crippen molar-refractivity contribution in [3.63, 3.8) is 0 Å². The number of hydrogen-bond acceptors (Lipinski definition) is 7. The maximum Gasteiger partial charge on any atom is 0.226 e. The Morgan fingerprint density at radius 3 is 3.03 bits per heavy atom. The predicted octanol–water partition coefficient (Wildman–Crippen LogP) is 4.22. The van der Waals surface area contributed by atoms with Crippen LogP contribution in [0.25, 0.3) is 0 Å². The number of aromatic nitrogens is 2. The zero-order valence-corrected chi connectivity index (χ0v) is 17.7. The normalized spacial score (nSPS) is 19.2. The largest absolute Gasteiger partial charge is 0.360 e. The van der Waals surface area contributed by atoms with Crippen molar-refractivity contribution in [3.05, 3.63) is 59.4 Å². The molecule has 4 rings (SSSR count). The molecule has 2 N–H and O–H groups in total. The summed E-state index contributed by atoms with van der Waals surface area (Å²) in [7, 11) is 0. The number of nitrogens with one attached hydrogen (secondary N) is 2. The van der Waals surface area contributed by atoms with Crippen LogP contribution in [0.5, 0.6) is 0 Å². The number of carbonyl (C=O) groups is 1. The molecule has 8 heteroatoms. The van der Waals surface area contributed by atoms with Gasteiger partial charge < -0.3 is 15.2 Å².